The third-order valence-electron chi connectivity index (χ3n) is 2.29. The van der Waals surface area contributed by atoms with Crippen LogP contribution in [0, 0.1) is 0 Å². The van der Waals surface area contributed by atoms with E-state index in [4.69, 9.17) is 0 Å². The third kappa shape index (κ3) is 1.37. The second-order valence-electron chi connectivity index (χ2n) is 3.38. The zero-order chi connectivity index (χ0) is 10.2. The normalized spacial score (nSPS) is 17.4. The van der Waals surface area contributed by atoms with Crippen LogP contribution in [0.1, 0.15) is 18.7 Å². The van der Waals surface area contributed by atoms with Gasteiger partial charge in [-0.2, -0.15) is 0 Å². The molecule has 2 N–H and O–H groups in total. The van der Waals surface area contributed by atoms with Crippen molar-refractivity contribution in [2.45, 2.75) is 18.4 Å². The largest absolute Gasteiger partial charge is 0.438 e. The lowest BCUT2D eigenvalue weighted by Gasteiger charge is -2.14. The molecule has 1 aliphatic carbocycles. The van der Waals surface area contributed by atoms with Gasteiger partial charge in [-0.05, 0) is 18.9 Å². The predicted molar refractivity (Wildman–Crippen MR) is 50.5 cm³/mol. The Kier molecular flexibility index (Phi) is 1.80. The van der Waals surface area contributed by atoms with Crippen molar-refractivity contribution in [1.29, 1.82) is 0 Å². The Morgan fingerprint density at radius 1 is 1.71 bits per heavy atom. The number of aromatic amines is 1. The Hall–Kier alpha value is -1.78. The smallest absolute Gasteiger partial charge is 0.373 e. The predicted octanol–water partition coefficient (Wildman–Crippen LogP) is 0.641. The highest BCUT2D eigenvalue weighted by molar-refractivity contribution is 5.22. The van der Waals surface area contributed by atoms with Crippen molar-refractivity contribution in [1.82, 2.24) is 15.5 Å². The van der Waals surface area contributed by atoms with Crippen molar-refractivity contribution < 1.29 is 4.52 Å². The first-order valence-corrected chi connectivity index (χ1v) is 4.32. The summed E-state index contributed by atoms with van der Waals surface area (Å²) in [5.41, 5.74) is 0.420. The number of hydrogen-bond acceptors (Lipinski definition) is 4. The van der Waals surface area contributed by atoms with Crippen LogP contribution in [-0.4, -0.2) is 10.1 Å². The summed E-state index contributed by atoms with van der Waals surface area (Å²) < 4.78 is 4.45. The van der Waals surface area contributed by atoms with Gasteiger partial charge < -0.3 is 5.32 Å². The summed E-state index contributed by atoms with van der Waals surface area (Å²) in [6.07, 6.45) is 3.43. The first-order chi connectivity index (χ1) is 6.66. The van der Waals surface area contributed by atoms with Gasteiger partial charge in [0.25, 0.3) is 0 Å². The van der Waals surface area contributed by atoms with Gasteiger partial charge in [0.2, 0.25) is 0 Å². The number of hydrogen-bond donors (Lipinski definition) is 2. The third-order valence-corrected chi connectivity index (χ3v) is 2.29. The summed E-state index contributed by atoms with van der Waals surface area (Å²) >= 11 is 0. The highest BCUT2D eigenvalue weighted by Crippen LogP contribution is 2.44. The SMILES string of the molecule is C=CC(=C)NC1(c2noc(=O)[nH]2)CC1. The van der Waals surface area contributed by atoms with Crippen LogP contribution in [0.4, 0.5) is 0 Å². The lowest BCUT2D eigenvalue weighted by Crippen LogP contribution is -2.28. The highest BCUT2D eigenvalue weighted by atomic mass is 16.5. The first kappa shape index (κ1) is 8.80. The number of rotatable bonds is 4. The van der Waals surface area contributed by atoms with E-state index >= 15 is 0 Å². The summed E-state index contributed by atoms with van der Waals surface area (Å²) in [6, 6.07) is 0. The summed E-state index contributed by atoms with van der Waals surface area (Å²) in [5.74, 6) is 0.00258. The lowest BCUT2D eigenvalue weighted by molar-refractivity contribution is 0.372. The van der Waals surface area contributed by atoms with Crippen molar-refractivity contribution in [3.05, 3.63) is 41.3 Å². The first-order valence-electron chi connectivity index (χ1n) is 4.32. The molecule has 14 heavy (non-hydrogen) atoms. The van der Waals surface area contributed by atoms with E-state index in [-0.39, 0.29) is 5.54 Å². The van der Waals surface area contributed by atoms with Crippen LogP contribution in [-0.2, 0) is 5.54 Å². The Labute approximate surface area is 80.5 Å². The van der Waals surface area contributed by atoms with Crippen LogP contribution in [0.15, 0.2) is 34.2 Å². The molecular weight excluding hydrogens is 182 g/mol. The van der Waals surface area contributed by atoms with Crippen LogP contribution >= 0.6 is 0 Å². The van der Waals surface area contributed by atoms with E-state index in [0.717, 1.165) is 12.8 Å². The Balaban J connectivity index is 2.21. The fraction of sp³-hybridized carbons (Fsp3) is 0.333. The highest BCUT2D eigenvalue weighted by Gasteiger charge is 2.48. The van der Waals surface area contributed by atoms with Gasteiger partial charge in [0.15, 0.2) is 5.82 Å². The topological polar surface area (TPSA) is 70.9 Å². The van der Waals surface area contributed by atoms with E-state index in [1.165, 1.54) is 0 Å². The second-order valence-corrected chi connectivity index (χ2v) is 3.38. The van der Waals surface area contributed by atoms with Gasteiger partial charge in [0, 0.05) is 5.70 Å². The van der Waals surface area contributed by atoms with Crippen molar-refractivity contribution >= 4 is 0 Å². The molecule has 1 fully saturated rings. The minimum atomic E-state index is -0.530. The molecule has 0 spiro atoms. The Morgan fingerprint density at radius 2 is 2.43 bits per heavy atom. The maximum absolute atomic E-state index is 10.8. The zero-order valence-corrected chi connectivity index (χ0v) is 7.67. The van der Waals surface area contributed by atoms with Gasteiger partial charge in [0.1, 0.15) is 0 Å². The average Bonchev–Trinajstić information content (AvgIpc) is 2.81. The monoisotopic (exact) mass is 193 g/mol. The minimum Gasteiger partial charge on any atom is -0.373 e. The van der Waals surface area contributed by atoms with Crippen molar-refractivity contribution in [2.75, 3.05) is 0 Å². The van der Waals surface area contributed by atoms with Gasteiger partial charge >= 0.3 is 5.76 Å². The fourth-order valence-corrected chi connectivity index (χ4v) is 1.34. The summed E-state index contributed by atoms with van der Waals surface area (Å²) in [6.45, 7) is 7.34. The number of nitrogens with one attached hydrogen (secondary N) is 2. The van der Waals surface area contributed by atoms with E-state index in [1.54, 1.807) is 6.08 Å². The molecule has 0 saturated heterocycles. The molecule has 1 aromatic rings. The molecule has 2 rings (SSSR count). The quantitative estimate of drug-likeness (QED) is 0.688. The van der Waals surface area contributed by atoms with Gasteiger partial charge in [0.05, 0.1) is 5.54 Å². The molecule has 0 amide bonds. The molecule has 1 saturated carbocycles. The standard InChI is InChI=1S/C9H11N3O2/c1-3-6(2)11-9(4-5-9)7-10-8(13)14-12-7/h3,11H,1-2,4-5H2,(H,10,12,13). The number of nitrogens with zero attached hydrogens (tertiary/aromatic N) is 1. The maximum Gasteiger partial charge on any atom is 0.438 e. The molecule has 1 heterocycles. The molecule has 5 nitrogen and oxygen atoms in total. The van der Waals surface area contributed by atoms with E-state index in [9.17, 15) is 4.79 Å². The van der Waals surface area contributed by atoms with Crippen LogP contribution in [0.5, 0.6) is 0 Å². The second kappa shape index (κ2) is 2.87. The molecule has 5 heteroatoms. The van der Waals surface area contributed by atoms with Crippen LogP contribution in [0.2, 0.25) is 0 Å². The van der Waals surface area contributed by atoms with Crippen LogP contribution < -0.4 is 11.1 Å². The van der Waals surface area contributed by atoms with Crippen LogP contribution in [0.25, 0.3) is 0 Å². The lowest BCUT2D eigenvalue weighted by atomic mass is 10.2. The summed E-state index contributed by atoms with van der Waals surface area (Å²) in [4.78, 5) is 13.3. The number of H-pyrrole nitrogens is 1. The molecular formula is C9H11N3O2. The van der Waals surface area contributed by atoms with Gasteiger partial charge in [-0.3, -0.25) is 9.51 Å². The van der Waals surface area contributed by atoms with Crippen molar-refractivity contribution in [3.63, 3.8) is 0 Å². The minimum absolute atomic E-state index is 0.294. The summed E-state index contributed by atoms with van der Waals surface area (Å²) in [5, 5.41) is 6.80. The molecule has 0 atom stereocenters. The van der Waals surface area contributed by atoms with E-state index in [1.807, 2.05) is 0 Å². The molecule has 0 aromatic carbocycles. The molecule has 0 radical (unpaired) electrons. The van der Waals surface area contributed by atoms with Crippen LogP contribution in [0.3, 0.4) is 0 Å². The van der Waals surface area contributed by atoms with Crippen molar-refractivity contribution in [3.8, 4) is 0 Å². The molecule has 1 aromatic heterocycles. The van der Waals surface area contributed by atoms with E-state index < -0.39 is 5.76 Å². The Bertz CT molecular complexity index is 425. The molecule has 0 aliphatic heterocycles. The van der Waals surface area contributed by atoms with Gasteiger partial charge in [-0.1, -0.05) is 18.3 Å². The summed E-state index contributed by atoms with van der Waals surface area (Å²) in [7, 11) is 0. The molecule has 74 valence electrons. The van der Waals surface area contributed by atoms with Crippen molar-refractivity contribution in [2.24, 2.45) is 0 Å². The Morgan fingerprint density at radius 3 is 2.86 bits per heavy atom. The number of allylic oxidation sites excluding steroid dienone is 1. The molecule has 1 aliphatic rings. The van der Waals surface area contributed by atoms with Gasteiger partial charge in [-0.25, -0.2) is 4.79 Å². The number of aromatic nitrogens is 2. The maximum atomic E-state index is 10.8. The molecule has 0 bridgehead atoms. The zero-order valence-electron chi connectivity index (χ0n) is 7.67. The van der Waals surface area contributed by atoms with Gasteiger partial charge in [-0.15, -0.1) is 0 Å². The van der Waals surface area contributed by atoms with E-state index in [0.29, 0.717) is 11.5 Å². The molecule has 0 unspecified atom stereocenters. The van der Waals surface area contributed by atoms with E-state index in [2.05, 4.69) is 33.1 Å². The fourth-order valence-electron chi connectivity index (χ4n) is 1.34. The average molecular weight is 193 g/mol.